The van der Waals surface area contributed by atoms with Gasteiger partial charge in [0.2, 0.25) is 0 Å². The molecule has 0 bridgehead atoms. The second-order valence-electron chi connectivity index (χ2n) is 4.52. The summed E-state index contributed by atoms with van der Waals surface area (Å²) in [4.78, 5) is 3.29. The summed E-state index contributed by atoms with van der Waals surface area (Å²) in [6.07, 6.45) is 3.85. The van der Waals surface area contributed by atoms with Crippen molar-refractivity contribution in [1.29, 1.82) is 0 Å². The van der Waals surface area contributed by atoms with Gasteiger partial charge in [0.05, 0.1) is 0 Å². The van der Waals surface area contributed by atoms with Gasteiger partial charge >= 0.3 is 0 Å². The summed E-state index contributed by atoms with van der Waals surface area (Å²) in [5, 5.41) is 1.24. The van der Waals surface area contributed by atoms with E-state index in [9.17, 15) is 0 Å². The van der Waals surface area contributed by atoms with Gasteiger partial charge in [-0.1, -0.05) is 18.2 Å². The maximum Gasteiger partial charge on any atom is 0.0486 e. The van der Waals surface area contributed by atoms with Crippen molar-refractivity contribution < 1.29 is 4.74 Å². The molecular formula is C13H16N2O. The zero-order chi connectivity index (χ0) is 11.0. The van der Waals surface area contributed by atoms with Crippen molar-refractivity contribution >= 4 is 10.9 Å². The molecule has 84 valence electrons. The van der Waals surface area contributed by atoms with Gasteiger partial charge in [0.25, 0.3) is 0 Å². The molecule has 0 aliphatic carbocycles. The molecule has 1 fully saturated rings. The van der Waals surface area contributed by atoms with Gasteiger partial charge in [0.1, 0.15) is 0 Å². The van der Waals surface area contributed by atoms with E-state index in [0.717, 1.165) is 31.6 Å². The zero-order valence-corrected chi connectivity index (χ0v) is 9.20. The lowest BCUT2D eigenvalue weighted by Crippen LogP contribution is -2.41. The van der Waals surface area contributed by atoms with Crippen molar-refractivity contribution in [1.82, 2.24) is 4.98 Å². The smallest absolute Gasteiger partial charge is 0.0486 e. The molecule has 1 aliphatic heterocycles. The number of ether oxygens (including phenoxy) is 1. The van der Waals surface area contributed by atoms with Crippen LogP contribution in [0.1, 0.15) is 18.4 Å². The molecule has 0 radical (unpaired) electrons. The Bertz CT molecular complexity index is 497. The highest BCUT2D eigenvalue weighted by atomic mass is 16.5. The Balaban J connectivity index is 2.11. The van der Waals surface area contributed by atoms with E-state index < -0.39 is 0 Å². The van der Waals surface area contributed by atoms with Crippen molar-refractivity contribution in [3.8, 4) is 0 Å². The molecule has 0 saturated carbocycles. The Morgan fingerprint density at radius 3 is 2.75 bits per heavy atom. The summed E-state index contributed by atoms with van der Waals surface area (Å²) < 4.78 is 5.38. The second-order valence-corrected chi connectivity index (χ2v) is 4.52. The summed E-state index contributed by atoms with van der Waals surface area (Å²) in [6, 6.07) is 8.31. The largest absolute Gasteiger partial charge is 0.381 e. The standard InChI is InChI=1S/C13H16N2O/c14-13(5-7-16-8-6-13)11-9-15-12-4-2-1-3-10(11)12/h1-4,9,15H,5-8,14H2. The lowest BCUT2D eigenvalue weighted by atomic mass is 9.84. The Morgan fingerprint density at radius 2 is 1.94 bits per heavy atom. The topological polar surface area (TPSA) is 51.0 Å². The number of nitrogens with two attached hydrogens (primary N) is 1. The van der Waals surface area contributed by atoms with Gasteiger partial charge in [-0.3, -0.25) is 0 Å². The van der Waals surface area contributed by atoms with E-state index in [2.05, 4.69) is 29.4 Å². The van der Waals surface area contributed by atoms with Crippen LogP contribution in [0.4, 0.5) is 0 Å². The van der Waals surface area contributed by atoms with Crippen molar-refractivity contribution in [2.45, 2.75) is 18.4 Å². The van der Waals surface area contributed by atoms with Gasteiger partial charge in [0, 0.05) is 35.9 Å². The quantitative estimate of drug-likeness (QED) is 0.767. The third-order valence-electron chi connectivity index (χ3n) is 3.51. The zero-order valence-electron chi connectivity index (χ0n) is 9.20. The van der Waals surface area contributed by atoms with Crippen molar-refractivity contribution in [3.05, 3.63) is 36.0 Å². The lowest BCUT2D eigenvalue weighted by molar-refractivity contribution is 0.0527. The Hall–Kier alpha value is -1.32. The third kappa shape index (κ3) is 1.44. The lowest BCUT2D eigenvalue weighted by Gasteiger charge is -2.33. The number of H-pyrrole nitrogens is 1. The van der Waals surface area contributed by atoms with Gasteiger partial charge in [-0.15, -0.1) is 0 Å². The van der Waals surface area contributed by atoms with Crippen molar-refractivity contribution in [3.63, 3.8) is 0 Å². The number of benzene rings is 1. The van der Waals surface area contributed by atoms with E-state index in [-0.39, 0.29) is 5.54 Å². The molecule has 16 heavy (non-hydrogen) atoms. The highest BCUT2D eigenvalue weighted by molar-refractivity contribution is 5.84. The predicted molar refractivity (Wildman–Crippen MR) is 64.2 cm³/mol. The van der Waals surface area contributed by atoms with E-state index in [1.54, 1.807) is 0 Å². The highest BCUT2D eigenvalue weighted by Gasteiger charge is 2.31. The molecule has 3 heteroatoms. The minimum Gasteiger partial charge on any atom is -0.381 e. The summed E-state index contributed by atoms with van der Waals surface area (Å²) in [6.45, 7) is 1.52. The number of nitrogens with one attached hydrogen (secondary N) is 1. The van der Waals surface area contributed by atoms with E-state index in [1.807, 2.05) is 6.07 Å². The molecule has 2 aromatic rings. The van der Waals surface area contributed by atoms with Gasteiger partial charge in [-0.2, -0.15) is 0 Å². The van der Waals surface area contributed by atoms with Gasteiger partial charge in [-0.05, 0) is 24.5 Å². The van der Waals surface area contributed by atoms with Gasteiger partial charge in [-0.25, -0.2) is 0 Å². The Labute approximate surface area is 94.6 Å². The molecule has 0 spiro atoms. The maximum atomic E-state index is 6.49. The third-order valence-corrected chi connectivity index (χ3v) is 3.51. The first-order chi connectivity index (χ1) is 7.80. The van der Waals surface area contributed by atoms with Crippen LogP contribution in [0.2, 0.25) is 0 Å². The number of fused-ring (bicyclic) bond motifs is 1. The monoisotopic (exact) mass is 216 g/mol. The maximum absolute atomic E-state index is 6.49. The first-order valence-corrected chi connectivity index (χ1v) is 5.73. The first kappa shape index (κ1) is 9.87. The normalized spacial score (nSPS) is 20.1. The molecule has 0 atom stereocenters. The molecule has 1 saturated heterocycles. The molecular weight excluding hydrogens is 200 g/mol. The molecule has 0 unspecified atom stereocenters. The number of aromatic nitrogens is 1. The van der Waals surface area contributed by atoms with Gasteiger partial charge in [0.15, 0.2) is 0 Å². The molecule has 3 rings (SSSR count). The van der Waals surface area contributed by atoms with Crippen LogP contribution in [0.25, 0.3) is 10.9 Å². The van der Waals surface area contributed by atoms with Crippen LogP contribution in [0.3, 0.4) is 0 Å². The second kappa shape index (κ2) is 3.61. The van der Waals surface area contributed by atoms with Crippen LogP contribution in [-0.2, 0) is 10.3 Å². The fourth-order valence-corrected chi connectivity index (χ4v) is 2.49. The van der Waals surface area contributed by atoms with E-state index >= 15 is 0 Å². The van der Waals surface area contributed by atoms with Crippen molar-refractivity contribution in [2.75, 3.05) is 13.2 Å². The highest BCUT2D eigenvalue weighted by Crippen LogP contribution is 2.34. The predicted octanol–water partition coefficient (Wildman–Crippen LogP) is 2.13. The average molecular weight is 216 g/mol. The average Bonchev–Trinajstić information content (AvgIpc) is 2.74. The summed E-state index contributed by atoms with van der Waals surface area (Å²) in [5.41, 5.74) is 8.66. The molecule has 2 heterocycles. The molecule has 3 nitrogen and oxygen atoms in total. The van der Waals surface area contributed by atoms with Crippen molar-refractivity contribution in [2.24, 2.45) is 5.73 Å². The minimum atomic E-state index is -0.224. The van der Waals surface area contributed by atoms with Crippen LogP contribution in [0.5, 0.6) is 0 Å². The molecule has 3 N–H and O–H groups in total. The first-order valence-electron chi connectivity index (χ1n) is 5.73. The minimum absolute atomic E-state index is 0.224. The number of hydrogen-bond donors (Lipinski definition) is 2. The van der Waals surface area contributed by atoms with Gasteiger partial charge < -0.3 is 15.5 Å². The van der Waals surface area contributed by atoms with Crippen LogP contribution in [0.15, 0.2) is 30.5 Å². The summed E-state index contributed by atoms with van der Waals surface area (Å²) in [7, 11) is 0. The number of para-hydroxylation sites is 1. The Kier molecular flexibility index (Phi) is 2.23. The van der Waals surface area contributed by atoms with Crippen LogP contribution in [0, 0.1) is 0 Å². The van der Waals surface area contributed by atoms with E-state index in [0.29, 0.717) is 0 Å². The molecule has 1 aliphatic rings. The van der Waals surface area contributed by atoms with Crippen LogP contribution < -0.4 is 5.73 Å². The van der Waals surface area contributed by atoms with Crippen LogP contribution in [-0.4, -0.2) is 18.2 Å². The fraction of sp³-hybridized carbons (Fsp3) is 0.385. The summed E-state index contributed by atoms with van der Waals surface area (Å²) in [5.74, 6) is 0. The van der Waals surface area contributed by atoms with Crippen LogP contribution >= 0.6 is 0 Å². The number of aromatic amines is 1. The molecule has 1 aromatic heterocycles. The van der Waals surface area contributed by atoms with E-state index in [4.69, 9.17) is 10.5 Å². The SMILES string of the molecule is NC1(c2c[nH]c3ccccc23)CCOCC1. The molecule has 1 aromatic carbocycles. The molecule has 0 amide bonds. The summed E-state index contributed by atoms with van der Waals surface area (Å²) >= 11 is 0. The van der Waals surface area contributed by atoms with E-state index in [1.165, 1.54) is 10.9 Å². The fourth-order valence-electron chi connectivity index (χ4n) is 2.49. The number of rotatable bonds is 1. The Morgan fingerprint density at radius 1 is 1.19 bits per heavy atom. The number of hydrogen-bond acceptors (Lipinski definition) is 2.